The number of thiazole rings is 1. The highest BCUT2D eigenvalue weighted by atomic mass is 32.1. The zero-order valence-corrected chi connectivity index (χ0v) is 16.4. The van der Waals surface area contributed by atoms with Gasteiger partial charge < -0.3 is 14.7 Å². The average Bonchev–Trinajstić information content (AvgIpc) is 2.82. The van der Waals surface area contributed by atoms with Crippen LogP contribution in [0.5, 0.6) is 0 Å². The summed E-state index contributed by atoms with van der Waals surface area (Å²) in [6.45, 7) is 3.07. The number of rotatable bonds is 5. The van der Waals surface area contributed by atoms with Crippen molar-refractivity contribution in [1.29, 1.82) is 0 Å². The average molecular weight is 378 g/mol. The van der Waals surface area contributed by atoms with Gasteiger partial charge in [0.15, 0.2) is 0 Å². The second-order valence-electron chi connectivity index (χ2n) is 7.34. The largest absolute Gasteiger partial charge is 0.347 e. The number of likely N-dealkylation sites (N-methyl/N-ethyl adjacent to an activating group) is 1. The predicted molar refractivity (Wildman–Crippen MR) is 98.7 cm³/mol. The number of hydrogen-bond donors (Lipinski definition) is 0. The molecule has 8 heteroatoms. The fourth-order valence-corrected chi connectivity index (χ4v) is 4.47. The lowest BCUT2D eigenvalue weighted by atomic mass is 9.94. The van der Waals surface area contributed by atoms with Crippen LogP contribution in [0.15, 0.2) is 5.51 Å². The van der Waals surface area contributed by atoms with Gasteiger partial charge in [-0.25, -0.2) is 4.98 Å². The summed E-state index contributed by atoms with van der Waals surface area (Å²) in [4.78, 5) is 47.9. The van der Waals surface area contributed by atoms with Crippen LogP contribution < -0.4 is 0 Å². The lowest BCUT2D eigenvalue weighted by Crippen LogP contribution is -2.51. The van der Waals surface area contributed by atoms with Crippen LogP contribution >= 0.6 is 11.3 Å². The highest BCUT2D eigenvalue weighted by Crippen LogP contribution is 2.29. The molecule has 3 amide bonds. The lowest BCUT2D eigenvalue weighted by Gasteiger charge is -2.35. The van der Waals surface area contributed by atoms with E-state index in [4.69, 9.17) is 0 Å². The molecule has 3 saturated heterocycles. The second-order valence-corrected chi connectivity index (χ2v) is 8.28. The van der Waals surface area contributed by atoms with E-state index in [1.807, 2.05) is 11.8 Å². The van der Waals surface area contributed by atoms with E-state index in [2.05, 4.69) is 4.98 Å². The third-order valence-electron chi connectivity index (χ3n) is 5.36. The summed E-state index contributed by atoms with van der Waals surface area (Å²) in [7, 11) is 3.39. The molecule has 0 spiro atoms. The minimum absolute atomic E-state index is 0.0186. The minimum Gasteiger partial charge on any atom is -0.347 e. The van der Waals surface area contributed by atoms with E-state index in [1.165, 1.54) is 4.90 Å². The van der Waals surface area contributed by atoms with Gasteiger partial charge in [0.25, 0.3) is 0 Å². The van der Waals surface area contributed by atoms with Crippen LogP contribution in [0.2, 0.25) is 0 Å². The molecule has 26 heavy (non-hydrogen) atoms. The van der Waals surface area contributed by atoms with Gasteiger partial charge in [-0.05, 0) is 26.2 Å². The van der Waals surface area contributed by atoms with E-state index in [9.17, 15) is 14.4 Å². The number of amides is 3. The van der Waals surface area contributed by atoms with Gasteiger partial charge in [0.05, 0.1) is 17.1 Å². The molecule has 2 atom stereocenters. The smallest absolute Gasteiger partial charge is 0.241 e. The molecule has 7 nitrogen and oxygen atoms in total. The Balaban J connectivity index is 1.65. The standard InChI is InChI=1S/C18H26N4O3S/c1-12-15(26-11-19-12)6-7-16(23)21-8-13-4-5-14(9-21)22(18(13)25)10-17(24)20(2)3/h11,13-14H,4-10H2,1-3H3/t13-,14+/m1/s1. The predicted octanol–water partition coefficient (Wildman–Crippen LogP) is 0.922. The molecule has 142 valence electrons. The highest BCUT2D eigenvalue weighted by molar-refractivity contribution is 7.09. The number of carbonyl (C=O) groups excluding carboxylic acids is 3. The highest BCUT2D eigenvalue weighted by Gasteiger charge is 2.42. The Labute approximate surface area is 158 Å². The summed E-state index contributed by atoms with van der Waals surface area (Å²) in [5.74, 6) is -0.157. The molecule has 4 heterocycles. The Hall–Kier alpha value is -1.96. The Morgan fingerprint density at radius 1 is 1.31 bits per heavy atom. The van der Waals surface area contributed by atoms with Crippen LogP contribution in [-0.2, 0) is 20.8 Å². The quantitative estimate of drug-likeness (QED) is 0.764. The van der Waals surface area contributed by atoms with Crippen LogP contribution in [0.1, 0.15) is 29.8 Å². The van der Waals surface area contributed by atoms with E-state index < -0.39 is 0 Å². The van der Waals surface area contributed by atoms with Gasteiger partial charge in [-0.2, -0.15) is 0 Å². The summed E-state index contributed by atoms with van der Waals surface area (Å²) in [5.41, 5.74) is 2.79. The molecule has 0 saturated carbocycles. The Morgan fingerprint density at radius 3 is 2.73 bits per heavy atom. The second kappa shape index (κ2) is 7.73. The SMILES string of the molecule is Cc1ncsc1CCC(=O)N1C[C@H]2CC[C@@H](C1)N(CC(=O)N(C)C)C2=O. The zero-order chi connectivity index (χ0) is 18.8. The maximum absolute atomic E-state index is 12.7. The first kappa shape index (κ1) is 18.8. The number of piperidine rings is 1. The number of nitrogens with zero attached hydrogens (tertiary/aromatic N) is 4. The van der Waals surface area contributed by atoms with Crippen molar-refractivity contribution in [3.05, 3.63) is 16.1 Å². The third-order valence-corrected chi connectivity index (χ3v) is 6.36. The summed E-state index contributed by atoms with van der Waals surface area (Å²) in [6.07, 6.45) is 2.79. The van der Waals surface area contributed by atoms with Crippen molar-refractivity contribution in [2.75, 3.05) is 33.7 Å². The summed E-state index contributed by atoms with van der Waals surface area (Å²) in [5, 5.41) is 0. The molecule has 0 unspecified atom stereocenters. The maximum Gasteiger partial charge on any atom is 0.241 e. The Kier molecular flexibility index (Phi) is 5.60. The van der Waals surface area contributed by atoms with Crippen molar-refractivity contribution in [2.45, 2.75) is 38.6 Å². The number of hydrogen-bond acceptors (Lipinski definition) is 5. The fraction of sp³-hybridized carbons (Fsp3) is 0.667. The monoisotopic (exact) mass is 378 g/mol. The first-order valence-corrected chi connectivity index (χ1v) is 9.92. The van der Waals surface area contributed by atoms with Gasteiger partial charge in [0, 0.05) is 44.5 Å². The molecular formula is C18H26N4O3S. The summed E-state index contributed by atoms with van der Waals surface area (Å²) in [6, 6.07) is -0.0563. The molecule has 2 bridgehead atoms. The fourth-order valence-electron chi connectivity index (χ4n) is 3.68. The van der Waals surface area contributed by atoms with Crippen molar-refractivity contribution in [2.24, 2.45) is 5.92 Å². The molecule has 0 aliphatic carbocycles. The van der Waals surface area contributed by atoms with Gasteiger partial charge in [0.1, 0.15) is 6.54 Å². The van der Waals surface area contributed by atoms with Crippen molar-refractivity contribution < 1.29 is 14.4 Å². The molecule has 0 N–H and O–H groups in total. The molecule has 0 aromatic carbocycles. The topological polar surface area (TPSA) is 73.8 Å². The number of fused-ring (bicyclic) bond motifs is 4. The first-order valence-electron chi connectivity index (χ1n) is 9.04. The zero-order valence-electron chi connectivity index (χ0n) is 15.6. The molecule has 3 fully saturated rings. The molecule has 1 aromatic heterocycles. The van der Waals surface area contributed by atoms with Crippen molar-refractivity contribution >= 4 is 29.1 Å². The van der Waals surface area contributed by atoms with Gasteiger partial charge in [-0.3, -0.25) is 14.4 Å². The molecule has 3 aliphatic heterocycles. The normalized spacial score (nSPS) is 22.5. The summed E-state index contributed by atoms with van der Waals surface area (Å²) >= 11 is 1.58. The van der Waals surface area contributed by atoms with Crippen LogP contribution in [0, 0.1) is 12.8 Å². The minimum atomic E-state index is -0.183. The molecule has 0 radical (unpaired) electrons. The van der Waals surface area contributed by atoms with Gasteiger partial charge in [-0.15, -0.1) is 11.3 Å². The van der Waals surface area contributed by atoms with E-state index >= 15 is 0 Å². The molecule has 3 aliphatic rings. The van der Waals surface area contributed by atoms with Crippen LogP contribution in [0.3, 0.4) is 0 Å². The third kappa shape index (κ3) is 3.90. The van der Waals surface area contributed by atoms with Crippen molar-refractivity contribution in [3.8, 4) is 0 Å². The van der Waals surface area contributed by atoms with Crippen LogP contribution in [0.25, 0.3) is 0 Å². The van der Waals surface area contributed by atoms with E-state index in [0.29, 0.717) is 25.9 Å². The molecular weight excluding hydrogens is 352 g/mol. The van der Waals surface area contributed by atoms with Crippen LogP contribution in [0.4, 0.5) is 0 Å². The lowest BCUT2D eigenvalue weighted by molar-refractivity contribution is -0.145. The van der Waals surface area contributed by atoms with E-state index in [0.717, 1.165) is 23.4 Å². The first-order chi connectivity index (χ1) is 12.4. The van der Waals surface area contributed by atoms with Crippen LogP contribution in [-0.4, -0.2) is 77.2 Å². The van der Waals surface area contributed by atoms with Gasteiger partial charge >= 0.3 is 0 Å². The van der Waals surface area contributed by atoms with Gasteiger partial charge in [0.2, 0.25) is 17.7 Å². The molecule has 1 aromatic rings. The van der Waals surface area contributed by atoms with Gasteiger partial charge in [-0.1, -0.05) is 0 Å². The van der Waals surface area contributed by atoms with E-state index in [1.54, 1.807) is 35.8 Å². The number of aromatic nitrogens is 1. The van der Waals surface area contributed by atoms with Crippen molar-refractivity contribution in [3.63, 3.8) is 0 Å². The number of aryl methyl sites for hydroxylation is 2. The van der Waals surface area contributed by atoms with Crippen molar-refractivity contribution in [1.82, 2.24) is 19.7 Å². The van der Waals surface area contributed by atoms with E-state index in [-0.39, 0.29) is 36.2 Å². The Morgan fingerprint density at radius 2 is 2.08 bits per heavy atom. The molecule has 4 rings (SSSR count). The number of carbonyl (C=O) groups is 3. The maximum atomic E-state index is 12.7. The Bertz CT molecular complexity index is 702. The summed E-state index contributed by atoms with van der Waals surface area (Å²) < 4.78 is 0.